The van der Waals surface area contributed by atoms with E-state index in [4.69, 9.17) is 11.2 Å². The molecule has 0 fully saturated rings. The maximum Gasteiger partial charge on any atom is 0.127 e. The summed E-state index contributed by atoms with van der Waals surface area (Å²) in [5, 5.41) is 3.34. The Hall–Kier alpha value is -0.980. The molecule has 17 heavy (non-hydrogen) atoms. The van der Waals surface area contributed by atoms with Crippen LogP contribution in [0.3, 0.4) is 0 Å². The predicted octanol–water partition coefficient (Wildman–Crippen LogP) is 2.89. The van der Waals surface area contributed by atoms with Crippen molar-refractivity contribution in [3.8, 4) is 18.1 Å². The van der Waals surface area contributed by atoms with E-state index in [0.717, 1.165) is 35.4 Å². The quantitative estimate of drug-likeness (QED) is 0.866. The number of halogens is 1. The molecule has 0 radical (unpaired) electrons. The van der Waals surface area contributed by atoms with Crippen molar-refractivity contribution < 1.29 is 4.74 Å². The van der Waals surface area contributed by atoms with Gasteiger partial charge in [0.1, 0.15) is 5.75 Å². The molecule has 0 unspecified atom stereocenters. The highest BCUT2D eigenvalue weighted by atomic mass is 79.9. The van der Waals surface area contributed by atoms with Gasteiger partial charge in [-0.2, -0.15) is 0 Å². The fourth-order valence-electron chi connectivity index (χ4n) is 1.84. The fraction of sp³-hybridized carbons (Fsp3) is 0.429. The SMILES string of the molecule is C#CC(C)(C)NCc1cc(Br)cc2c1OCC2. The molecule has 1 aromatic rings. The number of ether oxygens (including phenoxy) is 1. The number of rotatable bonds is 3. The maximum atomic E-state index is 5.67. The molecule has 0 atom stereocenters. The van der Waals surface area contributed by atoms with Gasteiger partial charge in [0, 0.05) is 23.0 Å². The molecule has 2 rings (SSSR count). The number of benzene rings is 1. The molecule has 0 saturated carbocycles. The molecule has 0 aromatic heterocycles. The van der Waals surface area contributed by atoms with Crippen LogP contribution in [-0.4, -0.2) is 12.1 Å². The zero-order valence-electron chi connectivity index (χ0n) is 10.1. The summed E-state index contributed by atoms with van der Waals surface area (Å²) in [6.45, 7) is 5.48. The molecular weight excluding hydrogens is 278 g/mol. The molecule has 3 heteroatoms. The van der Waals surface area contributed by atoms with E-state index in [1.807, 2.05) is 13.8 Å². The second-order valence-electron chi connectivity index (χ2n) is 4.77. The van der Waals surface area contributed by atoms with E-state index in [2.05, 4.69) is 39.3 Å². The van der Waals surface area contributed by atoms with Crippen LogP contribution in [-0.2, 0) is 13.0 Å². The standard InChI is InChI=1S/C14H16BrNO/c1-4-14(2,3)16-9-11-8-12(15)7-10-5-6-17-13(10)11/h1,7-8,16H,5-6,9H2,2-3H3. The van der Waals surface area contributed by atoms with E-state index in [9.17, 15) is 0 Å². The third-order valence-corrected chi connectivity index (χ3v) is 3.36. The molecule has 90 valence electrons. The zero-order chi connectivity index (χ0) is 12.5. The highest BCUT2D eigenvalue weighted by molar-refractivity contribution is 9.10. The Balaban J connectivity index is 2.20. The summed E-state index contributed by atoms with van der Waals surface area (Å²) in [7, 11) is 0. The van der Waals surface area contributed by atoms with Crippen LogP contribution in [0.1, 0.15) is 25.0 Å². The lowest BCUT2D eigenvalue weighted by Crippen LogP contribution is -2.37. The van der Waals surface area contributed by atoms with E-state index < -0.39 is 0 Å². The minimum atomic E-state index is -0.298. The highest BCUT2D eigenvalue weighted by Crippen LogP contribution is 2.33. The largest absolute Gasteiger partial charge is 0.493 e. The third kappa shape index (κ3) is 2.83. The summed E-state index contributed by atoms with van der Waals surface area (Å²) >= 11 is 3.53. The topological polar surface area (TPSA) is 21.3 Å². The van der Waals surface area contributed by atoms with Gasteiger partial charge in [-0.3, -0.25) is 5.32 Å². The summed E-state index contributed by atoms with van der Waals surface area (Å²) in [4.78, 5) is 0. The van der Waals surface area contributed by atoms with Crippen LogP contribution in [0.2, 0.25) is 0 Å². The van der Waals surface area contributed by atoms with Gasteiger partial charge < -0.3 is 4.74 Å². The van der Waals surface area contributed by atoms with Gasteiger partial charge in [0.25, 0.3) is 0 Å². The van der Waals surface area contributed by atoms with Crippen LogP contribution >= 0.6 is 15.9 Å². The third-order valence-electron chi connectivity index (χ3n) is 2.91. The summed E-state index contributed by atoms with van der Waals surface area (Å²) in [6, 6.07) is 4.21. The zero-order valence-corrected chi connectivity index (χ0v) is 11.7. The molecule has 1 aromatic carbocycles. The van der Waals surface area contributed by atoms with Crippen molar-refractivity contribution in [3.63, 3.8) is 0 Å². The van der Waals surface area contributed by atoms with Crippen LogP contribution in [0.5, 0.6) is 5.75 Å². The van der Waals surface area contributed by atoms with E-state index in [0.29, 0.717) is 0 Å². The molecule has 0 bridgehead atoms. The fourth-order valence-corrected chi connectivity index (χ4v) is 2.40. The average Bonchev–Trinajstić information content (AvgIpc) is 2.73. The Morgan fingerprint density at radius 2 is 2.29 bits per heavy atom. The predicted molar refractivity (Wildman–Crippen MR) is 73.1 cm³/mol. The summed E-state index contributed by atoms with van der Waals surface area (Å²) in [6.07, 6.45) is 6.45. The first-order valence-corrected chi connectivity index (χ1v) is 6.48. The number of terminal acetylenes is 1. The van der Waals surface area contributed by atoms with Gasteiger partial charge in [-0.15, -0.1) is 6.42 Å². The smallest absolute Gasteiger partial charge is 0.127 e. The second kappa shape index (κ2) is 4.72. The molecule has 0 spiro atoms. The van der Waals surface area contributed by atoms with Crippen molar-refractivity contribution in [1.29, 1.82) is 0 Å². The summed E-state index contributed by atoms with van der Waals surface area (Å²) in [5.41, 5.74) is 2.14. The molecule has 0 aliphatic carbocycles. The first-order chi connectivity index (χ1) is 8.02. The van der Waals surface area contributed by atoms with E-state index in [-0.39, 0.29) is 5.54 Å². The van der Waals surface area contributed by atoms with Gasteiger partial charge in [0.05, 0.1) is 12.1 Å². The summed E-state index contributed by atoms with van der Waals surface area (Å²) in [5.74, 6) is 3.75. The van der Waals surface area contributed by atoms with Crippen LogP contribution in [0.25, 0.3) is 0 Å². The molecule has 0 amide bonds. The number of hydrogen-bond donors (Lipinski definition) is 1. The van der Waals surface area contributed by atoms with Crippen molar-refractivity contribution >= 4 is 15.9 Å². The minimum Gasteiger partial charge on any atom is -0.493 e. The molecular formula is C14H16BrNO. The van der Waals surface area contributed by atoms with Crippen molar-refractivity contribution in [1.82, 2.24) is 5.32 Å². The normalized spacial score (nSPS) is 14.0. The summed E-state index contributed by atoms with van der Waals surface area (Å²) < 4.78 is 6.77. The Kier molecular flexibility index (Phi) is 3.46. The molecule has 0 saturated heterocycles. The number of fused-ring (bicyclic) bond motifs is 1. The molecule has 1 heterocycles. The Labute approximate surface area is 111 Å². The molecule has 2 nitrogen and oxygen atoms in total. The van der Waals surface area contributed by atoms with Gasteiger partial charge in [0.2, 0.25) is 0 Å². The van der Waals surface area contributed by atoms with E-state index >= 15 is 0 Å². The molecule has 1 N–H and O–H groups in total. The Bertz CT molecular complexity index is 474. The first kappa shape index (κ1) is 12.5. The van der Waals surface area contributed by atoms with Crippen LogP contribution < -0.4 is 10.1 Å². The lowest BCUT2D eigenvalue weighted by atomic mass is 10.0. The average molecular weight is 294 g/mol. The van der Waals surface area contributed by atoms with Crippen molar-refractivity contribution in [2.45, 2.75) is 32.4 Å². The van der Waals surface area contributed by atoms with Crippen LogP contribution in [0, 0.1) is 12.3 Å². The van der Waals surface area contributed by atoms with Crippen molar-refractivity contribution in [2.24, 2.45) is 0 Å². The molecule has 1 aliphatic rings. The van der Waals surface area contributed by atoms with Crippen molar-refractivity contribution in [2.75, 3.05) is 6.61 Å². The van der Waals surface area contributed by atoms with Gasteiger partial charge in [0.15, 0.2) is 0 Å². The van der Waals surface area contributed by atoms with Gasteiger partial charge in [-0.1, -0.05) is 21.9 Å². The van der Waals surface area contributed by atoms with Crippen LogP contribution in [0.15, 0.2) is 16.6 Å². The number of hydrogen-bond acceptors (Lipinski definition) is 2. The Morgan fingerprint density at radius 1 is 1.53 bits per heavy atom. The lowest BCUT2D eigenvalue weighted by Gasteiger charge is -2.20. The Morgan fingerprint density at radius 3 is 3.00 bits per heavy atom. The van der Waals surface area contributed by atoms with Crippen LogP contribution in [0.4, 0.5) is 0 Å². The van der Waals surface area contributed by atoms with E-state index in [1.165, 1.54) is 5.56 Å². The van der Waals surface area contributed by atoms with Gasteiger partial charge >= 0.3 is 0 Å². The van der Waals surface area contributed by atoms with Crippen molar-refractivity contribution in [3.05, 3.63) is 27.7 Å². The first-order valence-electron chi connectivity index (χ1n) is 5.69. The number of nitrogens with one attached hydrogen (secondary N) is 1. The van der Waals surface area contributed by atoms with Gasteiger partial charge in [-0.25, -0.2) is 0 Å². The second-order valence-corrected chi connectivity index (χ2v) is 5.69. The highest BCUT2D eigenvalue weighted by Gasteiger charge is 2.19. The maximum absolute atomic E-state index is 5.67. The molecule has 1 aliphatic heterocycles. The van der Waals surface area contributed by atoms with E-state index in [1.54, 1.807) is 0 Å². The minimum absolute atomic E-state index is 0.298. The lowest BCUT2D eigenvalue weighted by molar-refractivity contribution is 0.350. The monoisotopic (exact) mass is 293 g/mol. The van der Waals surface area contributed by atoms with Gasteiger partial charge in [-0.05, 0) is 31.5 Å².